The zero-order valence-electron chi connectivity index (χ0n) is 15.3. The molecule has 0 radical (unpaired) electrons. The van der Waals surface area contributed by atoms with E-state index in [4.69, 9.17) is 9.47 Å². The summed E-state index contributed by atoms with van der Waals surface area (Å²) < 4.78 is 10.4. The zero-order chi connectivity index (χ0) is 19.8. The molecule has 0 aromatic heterocycles. The van der Waals surface area contributed by atoms with Crippen LogP contribution in [0.5, 0.6) is 5.75 Å². The lowest BCUT2D eigenvalue weighted by molar-refractivity contribution is -0.147. The number of imide groups is 1. The number of ether oxygens (including phenoxy) is 2. The molecule has 0 aliphatic carbocycles. The summed E-state index contributed by atoms with van der Waals surface area (Å²) in [5, 5.41) is 4.63. The lowest BCUT2D eigenvalue weighted by Gasteiger charge is -2.20. The summed E-state index contributed by atoms with van der Waals surface area (Å²) >= 11 is 0. The van der Waals surface area contributed by atoms with Crippen molar-refractivity contribution in [2.45, 2.75) is 32.7 Å². The highest BCUT2D eigenvalue weighted by atomic mass is 16.5. The second-order valence-corrected chi connectivity index (χ2v) is 6.04. The predicted octanol–water partition coefficient (Wildman–Crippen LogP) is 0.970. The number of esters is 1. The highest BCUT2D eigenvalue weighted by Gasteiger charge is 2.26. The molecular weight excluding hydrogens is 354 g/mol. The van der Waals surface area contributed by atoms with Gasteiger partial charge in [-0.2, -0.15) is 0 Å². The van der Waals surface area contributed by atoms with Crippen LogP contribution in [0.2, 0.25) is 0 Å². The smallest absolute Gasteiger partial charge is 0.326 e. The number of anilines is 1. The van der Waals surface area contributed by atoms with Gasteiger partial charge >= 0.3 is 12.0 Å². The molecule has 9 heteroatoms. The molecule has 1 aliphatic rings. The first-order chi connectivity index (χ1) is 12.9. The zero-order valence-corrected chi connectivity index (χ0v) is 15.3. The fourth-order valence-corrected chi connectivity index (χ4v) is 2.34. The summed E-state index contributed by atoms with van der Waals surface area (Å²) in [6.45, 7) is 2.93. The van der Waals surface area contributed by atoms with Crippen LogP contribution in [-0.2, 0) is 19.1 Å². The first-order valence-corrected chi connectivity index (χ1v) is 8.68. The van der Waals surface area contributed by atoms with Crippen molar-refractivity contribution < 1.29 is 28.7 Å². The van der Waals surface area contributed by atoms with E-state index in [0.29, 0.717) is 17.9 Å². The van der Waals surface area contributed by atoms with E-state index in [9.17, 15) is 19.2 Å². The molecule has 4 amide bonds. The van der Waals surface area contributed by atoms with Gasteiger partial charge in [-0.05, 0) is 25.5 Å². The lowest BCUT2D eigenvalue weighted by atomic mass is 10.2. The molecule has 2 rings (SSSR count). The minimum Gasteiger partial charge on any atom is -0.491 e. The maximum atomic E-state index is 12.2. The number of para-hydroxylation sites is 2. The minimum absolute atomic E-state index is 0.0864. The summed E-state index contributed by atoms with van der Waals surface area (Å²) in [4.78, 5) is 48.8. The van der Waals surface area contributed by atoms with Gasteiger partial charge < -0.3 is 14.8 Å². The van der Waals surface area contributed by atoms with Crippen LogP contribution in [0.3, 0.4) is 0 Å². The SMILES string of the molecule is CC[C@@H](C)NC(=O)NC(=O)COC(=O)CN1C(=O)CCOc2ccccc21. The van der Waals surface area contributed by atoms with E-state index >= 15 is 0 Å². The third kappa shape index (κ3) is 5.98. The molecule has 1 atom stereocenters. The van der Waals surface area contributed by atoms with Gasteiger partial charge in [0.1, 0.15) is 12.3 Å². The Hall–Kier alpha value is -3.10. The third-order valence-electron chi connectivity index (χ3n) is 3.92. The van der Waals surface area contributed by atoms with Gasteiger partial charge in [-0.3, -0.25) is 24.6 Å². The molecule has 1 heterocycles. The van der Waals surface area contributed by atoms with Crippen LogP contribution in [-0.4, -0.2) is 49.6 Å². The standard InChI is InChI=1S/C18H23N3O6/c1-3-12(2)19-18(25)20-15(22)11-27-17(24)10-21-13-6-4-5-7-14(13)26-9-8-16(21)23/h4-7,12H,3,8-11H2,1-2H3,(H2,19,20,22,25)/t12-/m1/s1. The van der Waals surface area contributed by atoms with Crippen LogP contribution >= 0.6 is 0 Å². The van der Waals surface area contributed by atoms with Gasteiger partial charge in [-0.25, -0.2) is 4.79 Å². The van der Waals surface area contributed by atoms with Crippen LogP contribution < -0.4 is 20.3 Å². The number of hydrogen-bond donors (Lipinski definition) is 2. The Labute approximate surface area is 157 Å². The van der Waals surface area contributed by atoms with Crippen molar-refractivity contribution in [2.75, 3.05) is 24.7 Å². The van der Waals surface area contributed by atoms with Gasteiger partial charge in [0.05, 0.1) is 18.7 Å². The Kier molecular flexibility index (Phi) is 7.16. The molecule has 0 spiro atoms. The largest absolute Gasteiger partial charge is 0.491 e. The van der Waals surface area contributed by atoms with Crippen molar-refractivity contribution in [2.24, 2.45) is 0 Å². The first kappa shape index (κ1) is 20.2. The monoisotopic (exact) mass is 377 g/mol. The second-order valence-electron chi connectivity index (χ2n) is 6.04. The van der Waals surface area contributed by atoms with Gasteiger partial charge in [-0.1, -0.05) is 19.1 Å². The molecule has 0 saturated carbocycles. The number of hydrogen-bond acceptors (Lipinski definition) is 6. The molecule has 2 N–H and O–H groups in total. The molecule has 0 fully saturated rings. The molecule has 146 valence electrons. The molecule has 1 aromatic rings. The highest BCUT2D eigenvalue weighted by molar-refractivity contribution is 6.00. The minimum atomic E-state index is -0.766. The quantitative estimate of drug-likeness (QED) is 0.714. The number of urea groups is 1. The summed E-state index contributed by atoms with van der Waals surface area (Å²) in [6.07, 6.45) is 0.837. The van der Waals surface area contributed by atoms with Gasteiger partial charge in [0.25, 0.3) is 5.91 Å². The van der Waals surface area contributed by atoms with Crippen LogP contribution in [0.4, 0.5) is 10.5 Å². The van der Waals surface area contributed by atoms with E-state index in [-0.39, 0.29) is 31.5 Å². The van der Waals surface area contributed by atoms with Crippen molar-refractivity contribution in [3.63, 3.8) is 0 Å². The molecular formula is C18H23N3O6. The Morgan fingerprint density at radius 3 is 2.78 bits per heavy atom. The Morgan fingerprint density at radius 1 is 1.30 bits per heavy atom. The number of nitrogens with zero attached hydrogens (tertiary/aromatic N) is 1. The van der Waals surface area contributed by atoms with E-state index in [1.165, 1.54) is 4.90 Å². The molecule has 27 heavy (non-hydrogen) atoms. The third-order valence-corrected chi connectivity index (χ3v) is 3.92. The van der Waals surface area contributed by atoms with E-state index in [1.807, 2.05) is 6.92 Å². The average Bonchev–Trinajstić information content (AvgIpc) is 2.79. The van der Waals surface area contributed by atoms with E-state index < -0.39 is 24.5 Å². The van der Waals surface area contributed by atoms with Crippen LogP contribution in [0.1, 0.15) is 26.7 Å². The number of rotatable bonds is 6. The Morgan fingerprint density at radius 2 is 2.04 bits per heavy atom. The van der Waals surface area contributed by atoms with Crippen LogP contribution in [0.15, 0.2) is 24.3 Å². The van der Waals surface area contributed by atoms with E-state index in [2.05, 4.69) is 10.6 Å². The molecule has 0 bridgehead atoms. The van der Waals surface area contributed by atoms with E-state index in [0.717, 1.165) is 0 Å². The highest BCUT2D eigenvalue weighted by Crippen LogP contribution is 2.30. The number of fused-ring (bicyclic) bond motifs is 1. The molecule has 0 unspecified atom stereocenters. The number of amides is 4. The summed E-state index contributed by atoms with van der Waals surface area (Å²) in [5.74, 6) is -1.31. The summed E-state index contributed by atoms with van der Waals surface area (Å²) in [5.41, 5.74) is 0.467. The van der Waals surface area contributed by atoms with Crippen molar-refractivity contribution in [1.82, 2.24) is 10.6 Å². The van der Waals surface area contributed by atoms with Crippen LogP contribution in [0.25, 0.3) is 0 Å². The second kappa shape index (κ2) is 9.56. The van der Waals surface area contributed by atoms with Gasteiger partial charge in [0, 0.05) is 6.04 Å². The Balaban J connectivity index is 1.87. The molecule has 1 aromatic carbocycles. The fraction of sp³-hybridized carbons (Fsp3) is 0.444. The molecule has 0 saturated heterocycles. The topological polar surface area (TPSA) is 114 Å². The van der Waals surface area contributed by atoms with E-state index in [1.54, 1.807) is 31.2 Å². The van der Waals surface area contributed by atoms with Gasteiger partial charge in [0.2, 0.25) is 5.91 Å². The van der Waals surface area contributed by atoms with Gasteiger partial charge in [-0.15, -0.1) is 0 Å². The maximum absolute atomic E-state index is 12.2. The molecule has 9 nitrogen and oxygen atoms in total. The number of carbonyl (C=O) groups excluding carboxylic acids is 4. The van der Waals surface area contributed by atoms with Crippen LogP contribution in [0, 0.1) is 0 Å². The average molecular weight is 377 g/mol. The van der Waals surface area contributed by atoms with Crippen molar-refractivity contribution in [3.05, 3.63) is 24.3 Å². The predicted molar refractivity (Wildman–Crippen MR) is 96.3 cm³/mol. The van der Waals surface area contributed by atoms with Crippen molar-refractivity contribution in [1.29, 1.82) is 0 Å². The maximum Gasteiger partial charge on any atom is 0.326 e. The number of benzene rings is 1. The van der Waals surface area contributed by atoms with Crippen molar-refractivity contribution in [3.8, 4) is 5.75 Å². The molecule has 1 aliphatic heterocycles. The summed E-state index contributed by atoms with van der Waals surface area (Å²) in [7, 11) is 0. The fourth-order valence-electron chi connectivity index (χ4n) is 2.34. The summed E-state index contributed by atoms with van der Waals surface area (Å²) in [6, 6.07) is 6.12. The number of nitrogens with one attached hydrogen (secondary N) is 2. The Bertz CT molecular complexity index is 721. The lowest BCUT2D eigenvalue weighted by Crippen LogP contribution is -2.45. The normalized spacial score (nSPS) is 14.3. The van der Waals surface area contributed by atoms with Crippen molar-refractivity contribution >= 4 is 29.5 Å². The first-order valence-electron chi connectivity index (χ1n) is 8.68. The number of carbonyl (C=O) groups is 4. The van der Waals surface area contributed by atoms with Gasteiger partial charge in [0.15, 0.2) is 6.61 Å².